The highest BCUT2D eigenvalue weighted by molar-refractivity contribution is 5.30. The Morgan fingerprint density at radius 2 is 2.06 bits per heavy atom. The topological polar surface area (TPSA) is 21.3 Å². The van der Waals surface area contributed by atoms with Gasteiger partial charge in [-0.05, 0) is 38.9 Å². The van der Waals surface area contributed by atoms with Gasteiger partial charge in [-0.3, -0.25) is 0 Å². The molecule has 16 heavy (non-hydrogen) atoms. The second kappa shape index (κ2) is 5.30. The number of aryl methyl sites for hydroxylation is 1. The number of nitrogens with one attached hydrogen (secondary N) is 1. The summed E-state index contributed by atoms with van der Waals surface area (Å²) in [6, 6.07) is 5.20. The lowest BCUT2D eigenvalue weighted by Gasteiger charge is -2.27. The predicted octanol–water partition coefficient (Wildman–Crippen LogP) is 2.90. The first-order chi connectivity index (χ1) is 7.46. The first kappa shape index (κ1) is 13.0. The van der Waals surface area contributed by atoms with Crippen molar-refractivity contribution in [1.82, 2.24) is 5.32 Å². The smallest absolute Gasteiger partial charge is 0.167 e. The average molecular weight is 225 g/mol. The third-order valence-electron chi connectivity index (χ3n) is 2.34. The third kappa shape index (κ3) is 3.49. The predicted molar refractivity (Wildman–Crippen MR) is 64.4 cm³/mol. The molecule has 0 aliphatic rings. The van der Waals surface area contributed by atoms with Gasteiger partial charge >= 0.3 is 0 Å². The molecule has 1 rings (SSSR count). The lowest BCUT2D eigenvalue weighted by atomic mass is 10.1. The molecule has 0 heterocycles. The van der Waals surface area contributed by atoms with Crippen LogP contribution >= 0.6 is 0 Å². The molecule has 0 amide bonds. The van der Waals surface area contributed by atoms with Crippen LogP contribution in [0.15, 0.2) is 18.2 Å². The summed E-state index contributed by atoms with van der Waals surface area (Å²) < 4.78 is 19.4. The third-order valence-corrected chi connectivity index (χ3v) is 2.34. The number of ether oxygens (including phenoxy) is 1. The van der Waals surface area contributed by atoms with Crippen molar-refractivity contribution in [2.24, 2.45) is 0 Å². The Morgan fingerprint density at radius 3 is 2.69 bits per heavy atom. The van der Waals surface area contributed by atoms with Crippen molar-refractivity contribution in [2.75, 3.05) is 13.1 Å². The van der Waals surface area contributed by atoms with Crippen LogP contribution in [0.25, 0.3) is 0 Å². The van der Waals surface area contributed by atoms with Crippen molar-refractivity contribution in [3.63, 3.8) is 0 Å². The summed E-state index contributed by atoms with van der Waals surface area (Å²) in [7, 11) is 0. The van der Waals surface area contributed by atoms with E-state index in [1.807, 2.05) is 20.8 Å². The van der Waals surface area contributed by atoms with Crippen LogP contribution in [0.3, 0.4) is 0 Å². The van der Waals surface area contributed by atoms with Crippen LogP contribution in [-0.4, -0.2) is 18.7 Å². The second-order valence-corrected chi connectivity index (χ2v) is 4.53. The zero-order valence-electron chi connectivity index (χ0n) is 10.4. The lowest BCUT2D eigenvalue weighted by molar-refractivity contribution is 0.103. The molecule has 0 saturated carbocycles. The number of rotatable bonds is 5. The minimum Gasteiger partial charge on any atom is -0.483 e. The van der Waals surface area contributed by atoms with Crippen LogP contribution < -0.4 is 10.1 Å². The summed E-state index contributed by atoms with van der Waals surface area (Å²) in [4.78, 5) is 0. The average Bonchev–Trinajstić information content (AvgIpc) is 2.22. The number of benzene rings is 1. The first-order valence-corrected chi connectivity index (χ1v) is 5.61. The van der Waals surface area contributed by atoms with E-state index < -0.39 is 5.60 Å². The Hall–Kier alpha value is -1.09. The summed E-state index contributed by atoms with van der Waals surface area (Å²) in [5.74, 6) is 0.0509. The van der Waals surface area contributed by atoms with E-state index in [-0.39, 0.29) is 5.82 Å². The van der Waals surface area contributed by atoms with Crippen LogP contribution in [0.1, 0.15) is 26.3 Å². The fourth-order valence-electron chi connectivity index (χ4n) is 1.46. The molecule has 1 aromatic carbocycles. The molecule has 0 atom stereocenters. The molecule has 0 spiro atoms. The largest absolute Gasteiger partial charge is 0.483 e. The number of hydrogen-bond donors (Lipinski definition) is 1. The molecule has 1 N–H and O–H groups in total. The van der Waals surface area contributed by atoms with Crippen LogP contribution in [0, 0.1) is 12.7 Å². The van der Waals surface area contributed by atoms with E-state index in [0.717, 1.165) is 6.54 Å². The highest BCUT2D eigenvalue weighted by Crippen LogP contribution is 2.23. The van der Waals surface area contributed by atoms with Gasteiger partial charge in [-0.15, -0.1) is 0 Å². The second-order valence-electron chi connectivity index (χ2n) is 4.53. The number of halogens is 1. The van der Waals surface area contributed by atoms with Gasteiger partial charge in [0.25, 0.3) is 0 Å². The maximum Gasteiger partial charge on any atom is 0.167 e. The molecule has 0 aliphatic carbocycles. The Morgan fingerprint density at radius 1 is 1.38 bits per heavy atom. The van der Waals surface area contributed by atoms with Gasteiger partial charge in [0.15, 0.2) is 11.6 Å². The highest BCUT2D eigenvalue weighted by Gasteiger charge is 2.21. The summed E-state index contributed by atoms with van der Waals surface area (Å²) in [6.45, 7) is 9.22. The molecule has 90 valence electrons. The molecular formula is C13H20FNO. The zero-order valence-corrected chi connectivity index (χ0v) is 10.4. The van der Waals surface area contributed by atoms with Crippen molar-refractivity contribution in [3.05, 3.63) is 29.6 Å². The first-order valence-electron chi connectivity index (χ1n) is 5.61. The fraction of sp³-hybridized carbons (Fsp3) is 0.538. The standard InChI is InChI=1S/C13H20FNO/c1-5-15-9-13(3,4)16-11-8-6-7-10(2)12(11)14/h6-8,15H,5,9H2,1-4H3. The van der Waals surface area contributed by atoms with Crippen molar-refractivity contribution >= 4 is 0 Å². The van der Waals surface area contributed by atoms with Gasteiger partial charge in [0.05, 0.1) is 0 Å². The van der Waals surface area contributed by atoms with Gasteiger partial charge in [0, 0.05) is 6.54 Å². The van der Waals surface area contributed by atoms with Crippen molar-refractivity contribution in [2.45, 2.75) is 33.3 Å². The number of likely N-dealkylation sites (N-methyl/N-ethyl adjacent to an activating group) is 1. The number of hydrogen-bond acceptors (Lipinski definition) is 2. The lowest BCUT2D eigenvalue weighted by Crippen LogP contribution is -2.40. The minimum absolute atomic E-state index is 0.271. The van der Waals surface area contributed by atoms with E-state index in [4.69, 9.17) is 4.74 Å². The molecule has 3 heteroatoms. The van der Waals surface area contributed by atoms with Crippen LogP contribution in [0.4, 0.5) is 4.39 Å². The normalized spacial score (nSPS) is 11.6. The maximum atomic E-state index is 13.7. The van der Waals surface area contributed by atoms with E-state index in [1.54, 1.807) is 25.1 Å². The molecule has 0 saturated heterocycles. The van der Waals surface area contributed by atoms with Crippen molar-refractivity contribution in [1.29, 1.82) is 0 Å². The summed E-state index contributed by atoms with van der Waals surface area (Å²) in [5.41, 5.74) is 0.196. The molecular weight excluding hydrogens is 205 g/mol. The molecule has 0 fully saturated rings. The van der Waals surface area contributed by atoms with E-state index in [1.165, 1.54) is 0 Å². The van der Waals surface area contributed by atoms with E-state index >= 15 is 0 Å². The van der Waals surface area contributed by atoms with Gasteiger partial charge in [0.2, 0.25) is 0 Å². The Kier molecular flexibility index (Phi) is 4.30. The Bertz CT molecular complexity index is 350. The van der Waals surface area contributed by atoms with E-state index in [0.29, 0.717) is 17.9 Å². The SMILES string of the molecule is CCNCC(C)(C)Oc1cccc(C)c1F. The molecule has 0 unspecified atom stereocenters. The maximum absolute atomic E-state index is 13.7. The zero-order chi connectivity index (χ0) is 12.2. The van der Waals surface area contributed by atoms with Gasteiger partial charge in [0.1, 0.15) is 5.60 Å². The van der Waals surface area contributed by atoms with Crippen molar-refractivity contribution in [3.8, 4) is 5.75 Å². The van der Waals surface area contributed by atoms with Crippen LogP contribution in [0.2, 0.25) is 0 Å². The summed E-state index contributed by atoms with van der Waals surface area (Å²) in [6.07, 6.45) is 0. The quantitative estimate of drug-likeness (QED) is 0.832. The minimum atomic E-state index is -0.412. The Labute approximate surface area is 96.8 Å². The highest BCUT2D eigenvalue weighted by atomic mass is 19.1. The fourth-order valence-corrected chi connectivity index (χ4v) is 1.46. The molecule has 1 aromatic rings. The molecule has 0 radical (unpaired) electrons. The van der Waals surface area contributed by atoms with Crippen LogP contribution in [0.5, 0.6) is 5.75 Å². The monoisotopic (exact) mass is 225 g/mol. The molecule has 0 aliphatic heterocycles. The van der Waals surface area contributed by atoms with Crippen LogP contribution in [-0.2, 0) is 0 Å². The van der Waals surface area contributed by atoms with Gasteiger partial charge in [-0.1, -0.05) is 19.1 Å². The molecule has 2 nitrogen and oxygen atoms in total. The summed E-state index contributed by atoms with van der Waals surface area (Å²) in [5, 5.41) is 3.20. The van der Waals surface area contributed by atoms with Gasteiger partial charge in [-0.25, -0.2) is 4.39 Å². The van der Waals surface area contributed by atoms with Gasteiger partial charge < -0.3 is 10.1 Å². The van der Waals surface area contributed by atoms with Crippen molar-refractivity contribution < 1.29 is 9.13 Å². The van der Waals surface area contributed by atoms with Gasteiger partial charge in [-0.2, -0.15) is 0 Å². The molecule has 0 bridgehead atoms. The summed E-state index contributed by atoms with van der Waals surface area (Å²) >= 11 is 0. The van der Waals surface area contributed by atoms with E-state index in [2.05, 4.69) is 5.32 Å². The Balaban J connectivity index is 2.75. The van der Waals surface area contributed by atoms with E-state index in [9.17, 15) is 4.39 Å². The molecule has 0 aromatic heterocycles.